The van der Waals surface area contributed by atoms with Crippen molar-refractivity contribution in [1.29, 1.82) is 0 Å². The van der Waals surface area contributed by atoms with Crippen LogP contribution in [0.3, 0.4) is 0 Å². The number of guanidine groups is 2. The van der Waals surface area contributed by atoms with Crippen LogP contribution in [0.5, 0.6) is 0 Å². The Morgan fingerprint density at radius 2 is 1.70 bits per heavy atom. The normalized spacial score (nSPS) is 15.7. The maximum absolute atomic E-state index is 13.0. The molecular formula is C24H46N6O3. The summed E-state index contributed by atoms with van der Waals surface area (Å²) >= 11 is 0. The van der Waals surface area contributed by atoms with Crippen molar-refractivity contribution in [3.8, 4) is 0 Å². The number of esters is 1. The molecule has 9 heteroatoms. The van der Waals surface area contributed by atoms with Gasteiger partial charge in [0, 0.05) is 18.8 Å². The molecule has 0 saturated heterocycles. The number of hydrogen-bond acceptors (Lipinski definition) is 7. The molecule has 1 aliphatic heterocycles. The van der Waals surface area contributed by atoms with Crippen molar-refractivity contribution in [1.82, 2.24) is 5.32 Å². The first-order valence-electron chi connectivity index (χ1n) is 12.7. The van der Waals surface area contributed by atoms with E-state index in [0.717, 1.165) is 50.6 Å². The summed E-state index contributed by atoms with van der Waals surface area (Å²) in [4.78, 5) is 21.4. The lowest BCUT2D eigenvalue weighted by Gasteiger charge is -2.26. The number of carbonyl (C=O) groups is 1. The molecule has 0 saturated carbocycles. The Labute approximate surface area is 199 Å². The number of ether oxygens (including phenoxy) is 1. The quantitative estimate of drug-likeness (QED) is 0.0846. The predicted molar refractivity (Wildman–Crippen MR) is 135 cm³/mol. The van der Waals surface area contributed by atoms with Crippen LogP contribution < -0.4 is 22.5 Å². The summed E-state index contributed by atoms with van der Waals surface area (Å²) < 4.78 is 5.60. The molecule has 0 bridgehead atoms. The number of allylic oxidation sites excluding steroid dienone is 1. The van der Waals surface area contributed by atoms with Crippen LogP contribution >= 0.6 is 0 Å². The second-order valence-corrected chi connectivity index (χ2v) is 8.64. The van der Waals surface area contributed by atoms with Gasteiger partial charge in [-0.1, -0.05) is 58.3 Å². The smallest absolute Gasteiger partial charge is 0.337 e. The maximum Gasteiger partial charge on any atom is 0.337 e. The van der Waals surface area contributed by atoms with E-state index in [1.165, 1.54) is 32.1 Å². The average Bonchev–Trinajstić information content (AvgIpc) is 2.78. The predicted octanol–water partition coefficient (Wildman–Crippen LogP) is 2.82. The molecule has 0 aliphatic carbocycles. The van der Waals surface area contributed by atoms with E-state index in [2.05, 4.69) is 22.2 Å². The van der Waals surface area contributed by atoms with E-state index >= 15 is 0 Å². The molecule has 0 aromatic heterocycles. The van der Waals surface area contributed by atoms with Crippen LogP contribution in [-0.2, 0) is 9.53 Å². The van der Waals surface area contributed by atoms with Gasteiger partial charge in [-0.15, -0.1) is 0 Å². The second kappa shape index (κ2) is 18.2. The third-order valence-electron chi connectivity index (χ3n) is 5.70. The fourth-order valence-corrected chi connectivity index (χ4v) is 3.92. The number of hydrogen-bond donors (Lipinski definition) is 5. The summed E-state index contributed by atoms with van der Waals surface area (Å²) in [6.45, 7) is 3.25. The van der Waals surface area contributed by atoms with E-state index in [4.69, 9.17) is 21.9 Å². The highest BCUT2D eigenvalue weighted by Crippen LogP contribution is 2.25. The molecule has 0 aromatic rings. The SMILES string of the molecule is CCCCCCCCCC1N=C(N)NC(CCCO)=C1C(=O)OCCCCCCN=C(N)N. The van der Waals surface area contributed by atoms with Crippen LogP contribution in [0.15, 0.2) is 21.3 Å². The van der Waals surface area contributed by atoms with Crippen molar-refractivity contribution in [3.63, 3.8) is 0 Å². The Morgan fingerprint density at radius 1 is 1.03 bits per heavy atom. The maximum atomic E-state index is 13.0. The van der Waals surface area contributed by atoms with Gasteiger partial charge in [-0.2, -0.15) is 0 Å². The minimum Gasteiger partial charge on any atom is -0.462 e. The third-order valence-corrected chi connectivity index (χ3v) is 5.70. The Morgan fingerprint density at radius 3 is 2.39 bits per heavy atom. The van der Waals surface area contributed by atoms with Crippen molar-refractivity contribution in [2.45, 2.75) is 103 Å². The molecule has 1 aliphatic rings. The van der Waals surface area contributed by atoms with E-state index in [9.17, 15) is 9.90 Å². The first-order valence-corrected chi connectivity index (χ1v) is 12.7. The van der Waals surface area contributed by atoms with Gasteiger partial charge in [0.05, 0.1) is 18.2 Å². The van der Waals surface area contributed by atoms with Gasteiger partial charge in [0.1, 0.15) is 0 Å². The van der Waals surface area contributed by atoms with E-state index in [1.54, 1.807) is 0 Å². The number of carbonyl (C=O) groups excluding carboxylic acids is 1. The first kappa shape index (κ1) is 28.7. The zero-order valence-electron chi connectivity index (χ0n) is 20.5. The summed E-state index contributed by atoms with van der Waals surface area (Å²) in [5.74, 6) is 0.109. The van der Waals surface area contributed by atoms with Crippen molar-refractivity contribution in [3.05, 3.63) is 11.3 Å². The molecular weight excluding hydrogens is 420 g/mol. The van der Waals surface area contributed by atoms with Gasteiger partial charge in [-0.25, -0.2) is 9.79 Å². The van der Waals surface area contributed by atoms with E-state index in [-0.39, 0.29) is 24.6 Å². The highest BCUT2D eigenvalue weighted by Gasteiger charge is 2.29. The van der Waals surface area contributed by atoms with Crippen LogP contribution in [0, 0.1) is 0 Å². The monoisotopic (exact) mass is 466 g/mol. The summed E-state index contributed by atoms with van der Waals surface area (Å²) in [5.41, 5.74) is 17.9. The molecule has 0 radical (unpaired) electrons. The highest BCUT2D eigenvalue weighted by atomic mass is 16.5. The molecule has 1 heterocycles. The van der Waals surface area contributed by atoms with Gasteiger partial charge >= 0.3 is 5.97 Å². The third kappa shape index (κ3) is 13.1. The second-order valence-electron chi connectivity index (χ2n) is 8.64. The van der Waals surface area contributed by atoms with E-state index in [0.29, 0.717) is 37.5 Å². The van der Waals surface area contributed by atoms with E-state index in [1.807, 2.05) is 0 Å². The molecule has 9 nitrogen and oxygen atoms in total. The molecule has 0 spiro atoms. The van der Waals surface area contributed by atoms with Crippen molar-refractivity contribution >= 4 is 17.9 Å². The summed E-state index contributed by atoms with van der Waals surface area (Å²) in [6.07, 6.45) is 13.8. The molecule has 1 atom stereocenters. The minimum atomic E-state index is -0.333. The molecule has 0 fully saturated rings. The number of nitrogens with zero attached hydrogens (tertiary/aromatic N) is 2. The number of nitrogens with two attached hydrogens (primary N) is 3. The Bertz CT molecular complexity index is 644. The summed E-state index contributed by atoms with van der Waals surface area (Å²) in [6, 6.07) is -0.289. The number of aliphatic hydroxyl groups is 1. The van der Waals surface area contributed by atoms with Crippen molar-refractivity contribution in [2.75, 3.05) is 19.8 Å². The molecule has 0 amide bonds. The lowest BCUT2D eigenvalue weighted by molar-refractivity contribution is -0.139. The zero-order chi connectivity index (χ0) is 24.3. The first-order chi connectivity index (χ1) is 16.0. The molecule has 8 N–H and O–H groups in total. The average molecular weight is 467 g/mol. The number of rotatable bonds is 19. The largest absolute Gasteiger partial charge is 0.462 e. The molecule has 190 valence electrons. The number of aliphatic imine (C=N–C) groups is 2. The lowest BCUT2D eigenvalue weighted by Crippen LogP contribution is -2.40. The van der Waals surface area contributed by atoms with Crippen LogP contribution in [-0.4, -0.2) is 48.8 Å². The van der Waals surface area contributed by atoms with Gasteiger partial charge in [0.2, 0.25) is 0 Å². The fraction of sp³-hybridized carbons (Fsp3) is 0.792. The van der Waals surface area contributed by atoms with Crippen LogP contribution in [0.4, 0.5) is 0 Å². The Kier molecular flexibility index (Phi) is 15.8. The van der Waals surface area contributed by atoms with Gasteiger partial charge in [0.25, 0.3) is 0 Å². The van der Waals surface area contributed by atoms with Gasteiger partial charge in [-0.3, -0.25) is 4.99 Å². The molecule has 1 rings (SSSR count). The van der Waals surface area contributed by atoms with Crippen molar-refractivity contribution < 1.29 is 14.6 Å². The Balaban J connectivity index is 2.56. The number of unbranched alkanes of at least 4 members (excludes halogenated alkanes) is 9. The van der Waals surface area contributed by atoms with Crippen LogP contribution in [0.2, 0.25) is 0 Å². The minimum absolute atomic E-state index is 0.0484. The van der Waals surface area contributed by atoms with Crippen LogP contribution in [0.1, 0.15) is 96.8 Å². The zero-order valence-corrected chi connectivity index (χ0v) is 20.5. The molecule has 1 unspecified atom stereocenters. The highest BCUT2D eigenvalue weighted by molar-refractivity contribution is 5.94. The summed E-state index contributed by atoms with van der Waals surface area (Å²) in [5, 5.41) is 12.3. The Hall–Kier alpha value is -2.29. The van der Waals surface area contributed by atoms with Gasteiger partial charge in [0.15, 0.2) is 11.9 Å². The van der Waals surface area contributed by atoms with Crippen LogP contribution in [0.25, 0.3) is 0 Å². The van der Waals surface area contributed by atoms with E-state index < -0.39 is 0 Å². The van der Waals surface area contributed by atoms with Crippen molar-refractivity contribution in [2.24, 2.45) is 27.2 Å². The van der Waals surface area contributed by atoms with Gasteiger partial charge in [-0.05, 0) is 38.5 Å². The molecule has 0 aromatic carbocycles. The lowest BCUT2D eigenvalue weighted by atomic mass is 9.95. The standard InChI is InChI=1S/C24H46N6O3/c1-2-3-4-5-6-7-10-14-19-21(20(15-13-17-31)30-24(27)29-19)22(32)33-18-12-9-8-11-16-28-23(25)26/h19,31H,2-18H2,1H3,(H4,25,26,28)(H3,27,29,30). The number of aliphatic hydroxyl groups excluding tert-OH is 1. The van der Waals surface area contributed by atoms with Gasteiger partial charge < -0.3 is 32.4 Å². The molecule has 33 heavy (non-hydrogen) atoms. The fourth-order valence-electron chi connectivity index (χ4n) is 3.92. The summed E-state index contributed by atoms with van der Waals surface area (Å²) in [7, 11) is 0. The topological polar surface area (TPSA) is 161 Å². The number of nitrogens with one attached hydrogen (secondary N) is 1.